The Balaban J connectivity index is 1.71. The van der Waals surface area contributed by atoms with E-state index in [1.807, 2.05) is 0 Å². The third kappa shape index (κ3) is 3.96. The van der Waals surface area contributed by atoms with E-state index in [-0.39, 0.29) is 11.9 Å². The Morgan fingerprint density at radius 2 is 2.18 bits per heavy atom. The SMILES string of the molecule is CC(CC1CCCCN1)NC1CCCNC1=O. The van der Waals surface area contributed by atoms with E-state index in [4.69, 9.17) is 0 Å². The molecule has 3 unspecified atom stereocenters. The summed E-state index contributed by atoms with van der Waals surface area (Å²) in [6, 6.07) is 1.08. The van der Waals surface area contributed by atoms with Gasteiger partial charge in [0.2, 0.25) is 5.91 Å². The summed E-state index contributed by atoms with van der Waals surface area (Å²) in [5, 5.41) is 9.95. The molecule has 0 aliphatic carbocycles. The van der Waals surface area contributed by atoms with Gasteiger partial charge in [-0.25, -0.2) is 0 Å². The fourth-order valence-corrected chi connectivity index (χ4v) is 2.89. The molecule has 98 valence electrons. The van der Waals surface area contributed by atoms with E-state index in [1.165, 1.54) is 19.3 Å². The quantitative estimate of drug-likeness (QED) is 0.679. The Morgan fingerprint density at radius 3 is 2.88 bits per heavy atom. The normalized spacial score (nSPS) is 31.9. The van der Waals surface area contributed by atoms with Crippen molar-refractivity contribution >= 4 is 5.91 Å². The largest absolute Gasteiger partial charge is 0.355 e. The Kier molecular flexibility index (Phi) is 4.80. The van der Waals surface area contributed by atoms with Gasteiger partial charge in [-0.05, 0) is 45.6 Å². The highest BCUT2D eigenvalue weighted by molar-refractivity contribution is 5.82. The molecule has 1 amide bonds. The lowest BCUT2D eigenvalue weighted by Crippen LogP contribution is -2.52. The summed E-state index contributed by atoms with van der Waals surface area (Å²) >= 11 is 0. The standard InChI is InChI=1S/C13H25N3O/c1-10(9-11-5-2-3-7-14-11)16-12-6-4-8-15-13(12)17/h10-12,14,16H,2-9H2,1H3,(H,15,17). The molecule has 2 saturated heterocycles. The minimum Gasteiger partial charge on any atom is -0.355 e. The van der Waals surface area contributed by atoms with E-state index in [2.05, 4.69) is 22.9 Å². The molecule has 2 fully saturated rings. The van der Waals surface area contributed by atoms with Crippen molar-refractivity contribution < 1.29 is 4.79 Å². The number of nitrogens with one attached hydrogen (secondary N) is 3. The highest BCUT2D eigenvalue weighted by Crippen LogP contribution is 2.13. The number of hydrogen-bond acceptors (Lipinski definition) is 3. The minimum absolute atomic E-state index is 0.0299. The van der Waals surface area contributed by atoms with Gasteiger partial charge < -0.3 is 16.0 Å². The number of rotatable bonds is 4. The van der Waals surface area contributed by atoms with Crippen molar-refractivity contribution in [3.05, 3.63) is 0 Å². The molecular weight excluding hydrogens is 214 g/mol. The summed E-state index contributed by atoms with van der Waals surface area (Å²) in [5.41, 5.74) is 0. The van der Waals surface area contributed by atoms with Crippen LogP contribution in [-0.2, 0) is 4.79 Å². The van der Waals surface area contributed by atoms with Crippen LogP contribution in [0.2, 0.25) is 0 Å². The van der Waals surface area contributed by atoms with Crippen molar-refractivity contribution in [2.75, 3.05) is 13.1 Å². The van der Waals surface area contributed by atoms with Crippen molar-refractivity contribution in [2.24, 2.45) is 0 Å². The lowest BCUT2D eigenvalue weighted by molar-refractivity contribution is -0.124. The Labute approximate surface area is 104 Å². The van der Waals surface area contributed by atoms with Gasteiger partial charge in [-0.2, -0.15) is 0 Å². The van der Waals surface area contributed by atoms with Gasteiger partial charge in [0.1, 0.15) is 0 Å². The second-order valence-electron chi connectivity index (χ2n) is 5.44. The molecule has 0 radical (unpaired) electrons. The second-order valence-corrected chi connectivity index (χ2v) is 5.44. The van der Waals surface area contributed by atoms with E-state index >= 15 is 0 Å². The zero-order valence-electron chi connectivity index (χ0n) is 10.8. The predicted molar refractivity (Wildman–Crippen MR) is 68.9 cm³/mol. The molecule has 2 rings (SSSR count). The van der Waals surface area contributed by atoms with Crippen LogP contribution in [0.15, 0.2) is 0 Å². The number of carbonyl (C=O) groups is 1. The first-order valence-corrected chi connectivity index (χ1v) is 7.03. The Hall–Kier alpha value is -0.610. The summed E-state index contributed by atoms with van der Waals surface area (Å²) in [6.07, 6.45) is 7.14. The second kappa shape index (κ2) is 6.36. The molecule has 0 aromatic rings. The third-order valence-corrected chi connectivity index (χ3v) is 3.82. The van der Waals surface area contributed by atoms with Gasteiger partial charge in [0.15, 0.2) is 0 Å². The molecule has 4 nitrogen and oxygen atoms in total. The van der Waals surface area contributed by atoms with Crippen LogP contribution in [-0.4, -0.2) is 37.1 Å². The smallest absolute Gasteiger partial charge is 0.237 e. The van der Waals surface area contributed by atoms with Gasteiger partial charge in [0, 0.05) is 18.6 Å². The minimum atomic E-state index is 0.0299. The summed E-state index contributed by atoms with van der Waals surface area (Å²) in [5.74, 6) is 0.180. The molecule has 0 saturated carbocycles. The topological polar surface area (TPSA) is 53.2 Å². The molecule has 0 spiro atoms. The van der Waals surface area contributed by atoms with Crippen molar-refractivity contribution in [3.8, 4) is 0 Å². The number of amides is 1. The summed E-state index contributed by atoms with van der Waals surface area (Å²) in [4.78, 5) is 11.6. The van der Waals surface area contributed by atoms with E-state index in [9.17, 15) is 4.79 Å². The van der Waals surface area contributed by atoms with Crippen LogP contribution in [0, 0.1) is 0 Å². The first kappa shape index (κ1) is 12.8. The first-order chi connectivity index (χ1) is 8.25. The van der Waals surface area contributed by atoms with E-state index in [0.29, 0.717) is 12.1 Å². The molecule has 4 heteroatoms. The summed E-state index contributed by atoms with van der Waals surface area (Å²) < 4.78 is 0. The molecule has 2 aliphatic rings. The van der Waals surface area contributed by atoms with Gasteiger partial charge in [-0.1, -0.05) is 6.42 Å². The van der Waals surface area contributed by atoms with Crippen LogP contribution in [0.4, 0.5) is 0 Å². The predicted octanol–water partition coefficient (Wildman–Crippen LogP) is 0.775. The molecule has 0 aromatic carbocycles. The maximum absolute atomic E-state index is 11.6. The van der Waals surface area contributed by atoms with Crippen molar-refractivity contribution in [1.29, 1.82) is 0 Å². The monoisotopic (exact) mass is 239 g/mol. The van der Waals surface area contributed by atoms with Gasteiger partial charge in [-0.15, -0.1) is 0 Å². The number of piperidine rings is 2. The van der Waals surface area contributed by atoms with Crippen LogP contribution in [0.1, 0.15) is 45.4 Å². The van der Waals surface area contributed by atoms with Crippen molar-refractivity contribution in [2.45, 2.75) is 63.6 Å². The maximum Gasteiger partial charge on any atom is 0.237 e. The average molecular weight is 239 g/mol. The highest BCUT2D eigenvalue weighted by Gasteiger charge is 2.24. The van der Waals surface area contributed by atoms with Gasteiger partial charge >= 0.3 is 0 Å². The summed E-state index contributed by atoms with van der Waals surface area (Å²) in [7, 11) is 0. The first-order valence-electron chi connectivity index (χ1n) is 7.03. The molecule has 17 heavy (non-hydrogen) atoms. The average Bonchev–Trinajstić information content (AvgIpc) is 2.33. The molecule has 3 N–H and O–H groups in total. The Bertz CT molecular complexity index is 251. The fourth-order valence-electron chi connectivity index (χ4n) is 2.89. The van der Waals surface area contributed by atoms with Crippen LogP contribution >= 0.6 is 0 Å². The van der Waals surface area contributed by atoms with E-state index in [0.717, 1.165) is 32.4 Å². The van der Waals surface area contributed by atoms with Crippen LogP contribution in [0.25, 0.3) is 0 Å². The fraction of sp³-hybridized carbons (Fsp3) is 0.923. The van der Waals surface area contributed by atoms with Gasteiger partial charge in [0.25, 0.3) is 0 Å². The summed E-state index contributed by atoms with van der Waals surface area (Å²) in [6.45, 7) is 4.19. The van der Waals surface area contributed by atoms with E-state index in [1.54, 1.807) is 0 Å². The van der Waals surface area contributed by atoms with Crippen molar-refractivity contribution in [1.82, 2.24) is 16.0 Å². The highest BCUT2D eigenvalue weighted by atomic mass is 16.2. The third-order valence-electron chi connectivity index (χ3n) is 3.82. The zero-order chi connectivity index (χ0) is 12.1. The molecule has 0 aromatic heterocycles. The van der Waals surface area contributed by atoms with Gasteiger partial charge in [0.05, 0.1) is 6.04 Å². The molecule has 2 aliphatic heterocycles. The lowest BCUT2D eigenvalue weighted by atomic mass is 9.97. The molecule has 3 atom stereocenters. The Morgan fingerprint density at radius 1 is 1.29 bits per heavy atom. The maximum atomic E-state index is 11.6. The van der Waals surface area contributed by atoms with Crippen LogP contribution in [0.3, 0.4) is 0 Å². The zero-order valence-corrected chi connectivity index (χ0v) is 10.8. The van der Waals surface area contributed by atoms with E-state index < -0.39 is 0 Å². The molecule has 0 bridgehead atoms. The van der Waals surface area contributed by atoms with Crippen molar-refractivity contribution in [3.63, 3.8) is 0 Å². The number of hydrogen-bond donors (Lipinski definition) is 3. The number of carbonyl (C=O) groups excluding carboxylic acids is 1. The van der Waals surface area contributed by atoms with Gasteiger partial charge in [-0.3, -0.25) is 4.79 Å². The van der Waals surface area contributed by atoms with Crippen LogP contribution in [0.5, 0.6) is 0 Å². The molecule has 2 heterocycles. The lowest BCUT2D eigenvalue weighted by Gasteiger charge is -2.30. The molecular formula is C13H25N3O. The van der Waals surface area contributed by atoms with Crippen LogP contribution < -0.4 is 16.0 Å².